The summed E-state index contributed by atoms with van der Waals surface area (Å²) in [6, 6.07) is 3.06. The normalized spacial score (nSPS) is 9.00. The predicted octanol–water partition coefficient (Wildman–Crippen LogP) is 1.15. The Balaban J connectivity index is 0.00000225. The van der Waals surface area contributed by atoms with E-state index in [1.807, 2.05) is 0 Å². The topological polar surface area (TPSA) is 153 Å². The first-order valence-corrected chi connectivity index (χ1v) is 3.69. The first kappa shape index (κ1) is 13.5. The minimum atomic E-state index is -1.64. The van der Waals surface area contributed by atoms with Crippen LogP contribution in [0.2, 0.25) is 0 Å². The first-order chi connectivity index (χ1) is 6.95. The van der Waals surface area contributed by atoms with E-state index in [9.17, 15) is 19.7 Å². The minimum Gasteiger partial charge on any atom is -0.478 e. The van der Waals surface area contributed by atoms with Crippen molar-refractivity contribution in [1.82, 2.24) is 6.15 Å². The molecule has 5 N–H and O–H groups in total. The number of nitro groups is 1. The Morgan fingerprint density at radius 3 is 2.12 bits per heavy atom. The zero-order valence-corrected chi connectivity index (χ0v) is 7.91. The van der Waals surface area contributed by atoms with Gasteiger partial charge in [0.2, 0.25) is 0 Å². The summed E-state index contributed by atoms with van der Waals surface area (Å²) in [6.45, 7) is 0. The largest absolute Gasteiger partial charge is 0.478 e. The van der Waals surface area contributed by atoms with Gasteiger partial charge in [0.1, 0.15) is 0 Å². The van der Waals surface area contributed by atoms with Crippen LogP contribution in [0.15, 0.2) is 18.2 Å². The third-order valence-corrected chi connectivity index (χ3v) is 1.68. The third kappa shape index (κ3) is 2.30. The van der Waals surface area contributed by atoms with Gasteiger partial charge in [-0.05, 0) is 6.07 Å². The lowest BCUT2D eigenvalue weighted by Crippen LogP contribution is -2.10. The summed E-state index contributed by atoms with van der Waals surface area (Å²) in [5.74, 6) is -3.16. The SMILES string of the molecule is N.O=C(O)c1cccc([N+](=O)[O-])c1C(=O)O. The molecule has 86 valence electrons. The molecule has 0 unspecified atom stereocenters. The lowest BCUT2D eigenvalue weighted by Gasteiger charge is -2.01. The van der Waals surface area contributed by atoms with Crippen LogP contribution in [-0.4, -0.2) is 27.1 Å². The van der Waals surface area contributed by atoms with Crippen LogP contribution in [0.5, 0.6) is 0 Å². The summed E-state index contributed by atoms with van der Waals surface area (Å²) in [5.41, 5.74) is -2.14. The fourth-order valence-corrected chi connectivity index (χ4v) is 1.10. The number of benzene rings is 1. The molecule has 8 nitrogen and oxygen atoms in total. The van der Waals surface area contributed by atoms with Gasteiger partial charge in [-0.15, -0.1) is 0 Å². The number of carbonyl (C=O) groups is 2. The van der Waals surface area contributed by atoms with E-state index in [-0.39, 0.29) is 6.15 Å². The van der Waals surface area contributed by atoms with Gasteiger partial charge < -0.3 is 16.4 Å². The maximum atomic E-state index is 10.7. The van der Waals surface area contributed by atoms with Crippen molar-refractivity contribution in [2.45, 2.75) is 0 Å². The van der Waals surface area contributed by atoms with Gasteiger partial charge in [-0.25, -0.2) is 9.59 Å². The second kappa shape index (κ2) is 4.84. The molecule has 0 atom stereocenters. The number of hydrogen-bond donors (Lipinski definition) is 3. The zero-order chi connectivity index (χ0) is 11.6. The molecular formula is C8H8N2O6. The summed E-state index contributed by atoms with van der Waals surface area (Å²) in [4.78, 5) is 30.8. The molecule has 0 saturated heterocycles. The van der Waals surface area contributed by atoms with Crippen LogP contribution in [0.4, 0.5) is 5.69 Å². The highest BCUT2D eigenvalue weighted by Crippen LogP contribution is 2.22. The average molecular weight is 228 g/mol. The van der Waals surface area contributed by atoms with Gasteiger partial charge in [-0.1, -0.05) is 6.07 Å². The Kier molecular flexibility index (Phi) is 4.09. The van der Waals surface area contributed by atoms with Crippen molar-refractivity contribution in [1.29, 1.82) is 0 Å². The highest BCUT2D eigenvalue weighted by Gasteiger charge is 2.26. The van der Waals surface area contributed by atoms with Crippen molar-refractivity contribution in [3.05, 3.63) is 39.4 Å². The summed E-state index contributed by atoms with van der Waals surface area (Å²) >= 11 is 0. The molecule has 0 radical (unpaired) electrons. The maximum absolute atomic E-state index is 10.7. The maximum Gasteiger partial charge on any atom is 0.343 e. The van der Waals surface area contributed by atoms with Crippen LogP contribution in [0, 0.1) is 10.1 Å². The molecule has 0 spiro atoms. The molecule has 0 aliphatic rings. The summed E-state index contributed by atoms with van der Waals surface area (Å²) < 4.78 is 0. The second-order valence-corrected chi connectivity index (χ2v) is 2.57. The van der Waals surface area contributed by atoms with Crippen molar-refractivity contribution in [2.75, 3.05) is 0 Å². The summed E-state index contributed by atoms with van der Waals surface area (Å²) in [5, 5.41) is 27.8. The van der Waals surface area contributed by atoms with Gasteiger partial charge in [0.25, 0.3) is 5.69 Å². The molecular weight excluding hydrogens is 220 g/mol. The van der Waals surface area contributed by atoms with E-state index in [4.69, 9.17) is 10.2 Å². The third-order valence-electron chi connectivity index (χ3n) is 1.68. The molecule has 0 saturated carbocycles. The molecule has 1 rings (SSSR count). The quantitative estimate of drug-likeness (QED) is 0.517. The summed E-state index contributed by atoms with van der Waals surface area (Å²) in [7, 11) is 0. The average Bonchev–Trinajstić information content (AvgIpc) is 2.16. The van der Waals surface area contributed by atoms with Crippen LogP contribution in [0.1, 0.15) is 20.7 Å². The predicted molar refractivity (Wildman–Crippen MR) is 52.0 cm³/mol. The smallest absolute Gasteiger partial charge is 0.343 e. The molecule has 16 heavy (non-hydrogen) atoms. The van der Waals surface area contributed by atoms with E-state index in [2.05, 4.69) is 0 Å². The number of nitro benzene ring substituents is 1. The Labute approximate surface area is 88.9 Å². The number of carboxylic acid groups (broad SMARTS) is 2. The van der Waals surface area contributed by atoms with E-state index in [1.54, 1.807) is 0 Å². The van der Waals surface area contributed by atoms with Crippen molar-refractivity contribution >= 4 is 17.6 Å². The molecule has 0 bridgehead atoms. The van der Waals surface area contributed by atoms with Gasteiger partial charge in [-0.3, -0.25) is 10.1 Å². The van der Waals surface area contributed by atoms with Crippen molar-refractivity contribution in [2.24, 2.45) is 0 Å². The molecule has 1 aromatic rings. The Morgan fingerprint density at radius 2 is 1.75 bits per heavy atom. The Hall–Kier alpha value is -2.48. The van der Waals surface area contributed by atoms with Crippen LogP contribution in [0.3, 0.4) is 0 Å². The Bertz CT molecular complexity index is 424. The van der Waals surface area contributed by atoms with E-state index in [0.717, 1.165) is 18.2 Å². The standard InChI is InChI=1S/C8H5NO6.H3N/c10-7(11)4-2-1-3-5(9(14)15)6(4)8(12)13;/h1-3H,(H,10,11)(H,12,13);1H3. The van der Waals surface area contributed by atoms with Gasteiger partial charge in [0.05, 0.1) is 10.5 Å². The number of rotatable bonds is 3. The van der Waals surface area contributed by atoms with E-state index >= 15 is 0 Å². The van der Waals surface area contributed by atoms with Gasteiger partial charge in [0, 0.05) is 6.07 Å². The summed E-state index contributed by atoms with van der Waals surface area (Å²) in [6.07, 6.45) is 0. The minimum absolute atomic E-state index is 0. The van der Waals surface area contributed by atoms with Crippen molar-refractivity contribution in [3.8, 4) is 0 Å². The fourth-order valence-electron chi connectivity index (χ4n) is 1.10. The molecule has 0 fully saturated rings. The fraction of sp³-hybridized carbons (Fsp3) is 0. The second-order valence-electron chi connectivity index (χ2n) is 2.57. The molecule has 8 heteroatoms. The van der Waals surface area contributed by atoms with Crippen LogP contribution in [-0.2, 0) is 0 Å². The number of nitrogens with zero attached hydrogens (tertiary/aromatic N) is 1. The highest BCUT2D eigenvalue weighted by molar-refractivity contribution is 6.04. The van der Waals surface area contributed by atoms with Crippen LogP contribution < -0.4 is 6.15 Å². The lowest BCUT2D eigenvalue weighted by molar-refractivity contribution is -0.385. The van der Waals surface area contributed by atoms with Gasteiger partial charge >= 0.3 is 11.9 Å². The molecule has 0 aliphatic heterocycles. The van der Waals surface area contributed by atoms with Gasteiger partial charge in [0.15, 0.2) is 5.56 Å². The molecule has 0 aliphatic carbocycles. The molecule has 0 heterocycles. The number of carboxylic acids is 2. The highest BCUT2D eigenvalue weighted by atomic mass is 16.6. The number of aromatic carboxylic acids is 2. The first-order valence-electron chi connectivity index (χ1n) is 3.69. The van der Waals surface area contributed by atoms with E-state index in [1.165, 1.54) is 0 Å². The molecule has 0 aromatic heterocycles. The molecule has 1 aromatic carbocycles. The lowest BCUT2D eigenvalue weighted by atomic mass is 10.1. The van der Waals surface area contributed by atoms with E-state index < -0.39 is 33.7 Å². The number of hydrogen-bond acceptors (Lipinski definition) is 5. The van der Waals surface area contributed by atoms with Crippen molar-refractivity contribution in [3.63, 3.8) is 0 Å². The van der Waals surface area contributed by atoms with Crippen molar-refractivity contribution < 1.29 is 24.7 Å². The van der Waals surface area contributed by atoms with Gasteiger partial charge in [-0.2, -0.15) is 0 Å². The van der Waals surface area contributed by atoms with Crippen LogP contribution >= 0.6 is 0 Å². The van der Waals surface area contributed by atoms with E-state index in [0.29, 0.717) is 0 Å². The zero-order valence-electron chi connectivity index (χ0n) is 7.91. The van der Waals surface area contributed by atoms with Crippen LogP contribution in [0.25, 0.3) is 0 Å². The Morgan fingerprint density at radius 1 is 1.19 bits per heavy atom. The molecule has 0 amide bonds. The monoisotopic (exact) mass is 228 g/mol.